The predicted octanol–water partition coefficient (Wildman–Crippen LogP) is 7.03. The molecule has 1 aromatic rings. The first-order valence-corrected chi connectivity index (χ1v) is 10.4. The Labute approximate surface area is 151 Å². The fourth-order valence-corrected chi connectivity index (χ4v) is 3.56. The van der Waals surface area contributed by atoms with E-state index < -0.39 is 0 Å². The standard InChI is InChI=1S/C23H41N/c1-4-22(23-19-15-13-16-20-23)18-14-11-9-7-5-6-8-10-12-17-21-24(2)3/h13,15-16,19-20,22H,4-12,14,17-18,21H2,1-3H3. The molecule has 138 valence electrons. The lowest BCUT2D eigenvalue weighted by atomic mass is 9.91. The van der Waals surface area contributed by atoms with Crippen LogP contribution in [-0.2, 0) is 0 Å². The van der Waals surface area contributed by atoms with E-state index in [1.54, 1.807) is 0 Å². The Morgan fingerprint density at radius 1 is 0.708 bits per heavy atom. The second-order valence-corrected chi connectivity index (χ2v) is 7.64. The van der Waals surface area contributed by atoms with Gasteiger partial charge >= 0.3 is 0 Å². The number of hydrogen-bond acceptors (Lipinski definition) is 1. The molecule has 0 saturated carbocycles. The normalized spacial score (nSPS) is 12.7. The van der Waals surface area contributed by atoms with Crippen LogP contribution in [-0.4, -0.2) is 25.5 Å². The molecule has 0 saturated heterocycles. The summed E-state index contributed by atoms with van der Waals surface area (Å²) >= 11 is 0. The highest BCUT2D eigenvalue weighted by molar-refractivity contribution is 5.19. The van der Waals surface area contributed by atoms with Gasteiger partial charge in [0.2, 0.25) is 0 Å². The molecular formula is C23H41N. The zero-order valence-corrected chi connectivity index (χ0v) is 16.6. The summed E-state index contributed by atoms with van der Waals surface area (Å²) in [5, 5.41) is 0. The van der Waals surface area contributed by atoms with E-state index in [2.05, 4.69) is 56.3 Å². The fraction of sp³-hybridized carbons (Fsp3) is 0.739. The Kier molecular flexibility index (Phi) is 12.8. The van der Waals surface area contributed by atoms with Crippen molar-refractivity contribution in [1.82, 2.24) is 4.90 Å². The molecule has 1 nitrogen and oxygen atoms in total. The third-order valence-electron chi connectivity index (χ3n) is 5.17. The average Bonchev–Trinajstić information content (AvgIpc) is 2.59. The topological polar surface area (TPSA) is 3.24 Å². The van der Waals surface area contributed by atoms with Crippen molar-refractivity contribution in [3.05, 3.63) is 35.9 Å². The van der Waals surface area contributed by atoms with Gasteiger partial charge in [-0.15, -0.1) is 0 Å². The SMILES string of the molecule is CCC(CCCCCCCCCCCCN(C)C)c1ccccc1. The van der Waals surface area contributed by atoms with E-state index in [0.717, 1.165) is 5.92 Å². The first-order valence-electron chi connectivity index (χ1n) is 10.4. The molecule has 0 radical (unpaired) electrons. The van der Waals surface area contributed by atoms with Crippen LogP contribution in [0, 0.1) is 0 Å². The van der Waals surface area contributed by atoms with Gasteiger partial charge in [0, 0.05) is 0 Å². The van der Waals surface area contributed by atoms with Crippen molar-refractivity contribution in [2.75, 3.05) is 20.6 Å². The van der Waals surface area contributed by atoms with Crippen LogP contribution >= 0.6 is 0 Å². The molecule has 0 aliphatic carbocycles. The summed E-state index contributed by atoms with van der Waals surface area (Å²) in [6, 6.07) is 11.1. The van der Waals surface area contributed by atoms with Gasteiger partial charge in [0.25, 0.3) is 0 Å². The van der Waals surface area contributed by atoms with Crippen molar-refractivity contribution < 1.29 is 0 Å². The molecule has 0 amide bonds. The highest BCUT2D eigenvalue weighted by atomic mass is 15.0. The highest BCUT2D eigenvalue weighted by Gasteiger charge is 2.07. The summed E-state index contributed by atoms with van der Waals surface area (Å²) < 4.78 is 0. The van der Waals surface area contributed by atoms with Gasteiger partial charge in [-0.3, -0.25) is 0 Å². The maximum Gasteiger partial charge on any atom is -0.00248 e. The van der Waals surface area contributed by atoms with Crippen LogP contribution in [0.5, 0.6) is 0 Å². The zero-order valence-electron chi connectivity index (χ0n) is 16.6. The van der Waals surface area contributed by atoms with Crippen molar-refractivity contribution >= 4 is 0 Å². The van der Waals surface area contributed by atoms with E-state index in [0.29, 0.717) is 0 Å². The minimum absolute atomic E-state index is 0.772. The van der Waals surface area contributed by atoms with Crippen LogP contribution in [0.15, 0.2) is 30.3 Å². The lowest BCUT2D eigenvalue weighted by Crippen LogP contribution is -2.12. The molecular weight excluding hydrogens is 290 g/mol. The summed E-state index contributed by atoms with van der Waals surface area (Å²) in [4.78, 5) is 2.29. The first-order chi connectivity index (χ1) is 11.7. The lowest BCUT2D eigenvalue weighted by molar-refractivity contribution is 0.389. The van der Waals surface area contributed by atoms with Crippen molar-refractivity contribution in [3.8, 4) is 0 Å². The van der Waals surface area contributed by atoms with Gasteiger partial charge in [-0.1, -0.05) is 95.0 Å². The quantitative estimate of drug-likeness (QED) is 0.312. The lowest BCUT2D eigenvalue weighted by Gasteiger charge is -2.15. The van der Waals surface area contributed by atoms with E-state index in [-0.39, 0.29) is 0 Å². The Bertz CT molecular complexity index is 371. The van der Waals surface area contributed by atoms with Gasteiger partial charge in [-0.05, 0) is 51.4 Å². The van der Waals surface area contributed by atoms with Crippen LogP contribution in [0.4, 0.5) is 0 Å². The fourth-order valence-electron chi connectivity index (χ4n) is 3.56. The highest BCUT2D eigenvalue weighted by Crippen LogP contribution is 2.25. The first kappa shape index (κ1) is 21.2. The molecule has 0 N–H and O–H groups in total. The van der Waals surface area contributed by atoms with Crippen LogP contribution in [0.3, 0.4) is 0 Å². The summed E-state index contributed by atoms with van der Waals surface area (Å²) in [6.07, 6.45) is 16.9. The Balaban J connectivity index is 1.90. The van der Waals surface area contributed by atoms with Gasteiger partial charge < -0.3 is 4.90 Å². The van der Waals surface area contributed by atoms with Gasteiger partial charge in [0.05, 0.1) is 0 Å². The van der Waals surface area contributed by atoms with Gasteiger partial charge in [0.15, 0.2) is 0 Å². The summed E-state index contributed by atoms with van der Waals surface area (Å²) in [5.41, 5.74) is 1.54. The maximum absolute atomic E-state index is 2.33. The molecule has 24 heavy (non-hydrogen) atoms. The van der Waals surface area contributed by atoms with E-state index in [1.807, 2.05) is 0 Å². The molecule has 0 aliphatic heterocycles. The largest absolute Gasteiger partial charge is 0.309 e. The number of rotatable bonds is 15. The smallest absolute Gasteiger partial charge is 0.00248 e. The van der Waals surface area contributed by atoms with E-state index in [9.17, 15) is 0 Å². The molecule has 1 aromatic carbocycles. The predicted molar refractivity (Wildman–Crippen MR) is 109 cm³/mol. The van der Waals surface area contributed by atoms with Gasteiger partial charge in [-0.2, -0.15) is 0 Å². The second kappa shape index (κ2) is 14.5. The molecule has 0 bridgehead atoms. The molecule has 0 heterocycles. The van der Waals surface area contributed by atoms with Crippen LogP contribution < -0.4 is 0 Å². The Morgan fingerprint density at radius 3 is 1.71 bits per heavy atom. The third-order valence-corrected chi connectivity index (χ3v) is 5.17. The molecule has 1 unspecified atom stereocenters. The Morgan fingerprint density at radius 2 is 1.21 bits per heavy atom. The molecule has 0 aliphatic rings. The zero-order chi connectivity index (χ0) is 17.5. The van der Waals surface area contributed by atoms with E-state index >= 15 is 0 Å². The maximum atomic E-state index is 2.33. The van der Waals surface area contributed by atoms with Crippen LogP contribution in [0.25, 0.3) is 0 Å². The summed E-state index contributed by atoms with van der Waals surface area (Å²) in [6.45, 7) is 3.58. The van der Waals surface area contributed by atoms with Crippen molar-refractivity contribution in [3.63, 3.8) is 0 Å². The third kappa shape index (κ3) is 10.9. The molecule has 1 rings (SSSR count). The van der Waals surface area contributed by atoms with Crippen molar-refractivity contribution in [2.45, 2.75) is 89.9 Å². The average molecular weight is 332 g/mol. The summed E-state index contributed by atoms with van der Waals surface area (Å²) in [5.74, 6) is 0.772. The molecule has 0 aromatic heterocycles. The molecule has 1 heteroatoms. The second-order valence-electron chi connectivity index (χ2n) is 7.64. The monoisotopic (exact) mass is 331 g/mol. The van der Waals surface area contributed by atoms with E-state index in [4.69, 9.17) is 0 Å². The van der Waals surface area contributed by atoms with Crippen molar-refractivity contribution in [1.29, 1.82) is 0 Å². The van der Waals surface area contributed by atoms with Crippen LogP contribution in [0.2, 0.25) is 0 Å². The minimum atomic E-state index is 0.772. The van der Waals surface area contributed by atoms with E-state index in [1.165, 1.54) is 89.2 Å². The Hall–Kier alpha value is -0.820. The molecule has 0 spiro atoms. The number of nitrogens with zero attached hydrogens (tertiary/aromatic N) is 1. The number of benzene rings is 1. The van der Waals surface area contributed by atoms with Crippen LogP contribution in [0.1, 0.15) is 95.5 Å². The molecule has 1 atom stereocenters. The summed E-state index contributed by atoms with van der Waals surface area (Å²) in [7, 11) is 4.34. The molecule has 0 fully saturated rings. The minimum Gasteiger partial charge on any atom is -0.309 e. The number of hydrogen-bond donors (Lipinski definition) is 0. The number of unbranched alkanes of at least 4 members (excludes halogenated alkanes) is 9. The van der Waals surface area contributed by atoms with Gasteiger partial charge in [0.1, 0.15) is 0 Å². The van der Waals surface area contributed by atoms with Crippen molar-refractivity contribution in [2.24, 2.45) is 0 Å². The van der Waals surface area contributed by atoms with Gasteiger partial charge in [-0.25, -0.2) is 0 Å².